The topological polar surface area (TPSA) is 42.7 Å². The van der Waals surface area contributed by atoms with Crippen LogP contribution in [0.15, 0.2) is 30.6 Å². The predicted molar refractivity (Wildman–Crippen MR) is 81.5 cm³/mol. The van der Waals surface area contributed by atoms with Gasteiger partial charge in [0.05, 0.1) is 0 Å². The van der Waals surface area contributed by atoms with Crippen LogP contribution in [0.4, 0.5) is 0 Å². The highest BCUT2D eigenvalue weighted by molar-refractivity contribution is 5.17. The number of pyridine rings is 1. The summed E-state index contributed by atoms with van der Waals surface area (Å²) < 4.78 is 1.95. The fourth-order valence-corrected chi connectivity index (χ4v) is 2.33. The second-order valence-electron chi connectivity index (χ2n) is 5.22. The molecule has 0 radical (unpaired) electrons. The minimum Gasteiger partial charge on any atom is -0.310 e. The van der Waals surface area contributed by atoms with Crippen molar-refractivity contribution >= 4 is 0 Å². The third-order valence-electron chi connectivity index (χ3n) is 3.59. The van der Waals surface area contributed by atoms with E-state index in [0.29, 0.717) is 6.04 Å². The van der Waals surface area contributed by atoms with E-state index in [9.17, 15) is 0 Å². The maximum Gasteiger partial charge on any atom is 0.0492 e. The van der Waals surface area contributed by atoms with Gasteiger partial charge in [0.15, 0.2) is 0 Å². The van der Waals surface area contributed by atoms with Crippen LogP contribution in [-0.2, 0) is 13.5 Å². The Kier molecular flexibility index (Phi) is 5.30. The zero-order valence-corrected chi connectivity index (χ0v) is 12.6. The largest absolute Gasteiger partial charge is 0.310 e. The minimum atomic E-state index is 0.359. The Bertz CT molecular complexity index is 516. The molecule has 0 spiro atoms. The number of hydrogen-bond acceptors (Lipinski definition) is 3. The Morgan fingerprint density at radius 3 is 2.75 bits per heavy atom. The molecule has 2 rings (SSSR count). The van der Waals surface area contributed by atoms with Crippen molar-refractivity contribution in [2.45, 2.75) is 39.2 Å². The number of nitrogens with zero attached hydrogens (tertiary/aromatic N) is 3. The van der Waals surface area contributed by atoms with Gasteiger partial charge in [-0.1, -0.05) is 13.0 Å². The molecule has 4 nitrogen and oxygen atoms in total. The average Bonchev–Trinajstić information content (AvgIpc) is 2.86. The van der Waals surface area contributed by atoms with Crippen LogP contribution in [0.1, 0.15) is 42.8 Å². The predicted octanol–water partition coefficient (Wildman–Crippen LogP) is 2.80. The maximum atomic E-state index is 4.41. The highest BCUT2D eigenvalue weighted by atomic mass is 15.2. The molecule has 1 unspecified atom stereocenters. The second kappa shape index (κ2) is 7.20. The van der Waals surface area contributed by atoms with E-state index < -0.39 is 0 Å². The summed E-state index contributed by atoms with van der Waals surface area (Å²) in [5, 5.41) is 7.84. The van der Waals surface area contributed by atoms with E-state index in [1.54, 1.807) is 0 Å². The summed E-state index contributed by atoms with van der Waals surface area (Å²) in [6.45, 7) is 5.25. The zero-order valence-electron chi connectivity index (χ0n) is 12.6. The second-order valence-corrected chi connectivity index (χ2v) is 5.22. The van der Waals surface area contributed by atoms with Crippen LogP contribution in [0.2, 0.25) is 0 Å². The Morgan fingerprint density at radius 2 is 2.15 bits per heavy atom. The van der Waals surface area contributed by atoms with Gasteiger partial charge in [0.2, 0.25) is 0 Å². The first kappa shape index (κ1) is 14.7. The number of hydrogen-bond donors (Lipinski definition) is 1. The van der Waals surface area contributed by atoms with Gasteiger partial charge in [0.25, 0.3) is 0 Å². The molecule has 0 aliphatic heterocycles. The minimum absolute atomic E-state index is 0.359. The molecule has 0 saturated carbocycles. The Hall–Kier alpha value is -1.68. The third kappa shape index (κ3) is 3.90. The van der Waals surface area contributed by atoms with Crippen LogP contribution in [0.25, 0.3) is 0 Å². The van der Waals surface area contributed by atoms with Crippen LogP contribution < -0.4 is 5.32 Å². The monoisotopic (exact) mass is 272 g/mol. The van der Waals surface area contributed by atoms with Crippen LogP contribution in [0.3, 0.4) is 0 Å². The molecular formula is C16H24N4. The summed E-state index contributed by atoms with van der Waals surface area (Å²) in [4.78, 5) is 4.41. The van der Waals surface area contributed by atoms with E-state index in [2.05, 4.69) is 40.5 Å². The lowest BCUT2D eigenvalue weighted by atomic mass is 10.0. The van der Waals surface area contributed by atoms with Gasteiger partial charge in [-0.05, 0) is 50.4 Å². The lowest BCUT2D eigenvalue weighted by molar-refractivity contribution is 0.490. The quantitative estimate of drug-likeness (QED) is 0.843. The zero-order chi connectivity index (χ0) is 14.4. The molecule has 0 bridgehead atoms. The molecule has 4 heteroatoms. The lowest BCUT2D eigenvalue weighted by Gasteiger charge is -2.19. The molecule has 0 fully saturated rings. The molecule has 2 aromatic heterocycles. The molecule has 1 N–H and O–H groups in total. The van der Waals surface area contributed by atoms with Crippen LogP contribution >= 0.6 is 0 Å². The summed E-state index contributed by atoms with van der Waals surface area (Å²) in [6, 6.07) is 6.71. The van der Waals surface area contributed by atoms with Gasteiger partial charge in [-0.15, -0.1) is 0 Å². The van der Waals surface area contributed by atoms with E-state index in [-0.39, 0.29) is 0 Å². The molecular weight excluding hydrogens is 248 g/mol. The van der Waals surface area contributed by atoms with Crippen molar-refractivity contribution < 1.29 is 0 Å². The fourth-order valence-electron chi connectivity index (χ4n) is 2.33. The van der Waals surface area contributed by atoms with E-state index >= 15 is 0 Å². The molecule has 0 aromatic carbocycles. The van der Waals surface area contributed by atoms with Crippen LogP contribution in [-0.4, -0.2) is 21.3 Å². The lowest BCUT2D eigenvalue weighted by Crippen LogP contribution is -2.23. The smallest absolute Gasteiger partial charge is 0.0492 e. The first-order valence-electron chi connectivity index (χ1n) is 7.33. The van der Waals surface area contributed by atoms with Crippen molar-refractivity contribution in [2.24, 2.45) is 7.05 Å². The molecule has 1 atom stereocenters. The summed E-state index contributed by atoms with van der Waals surface area (Å²) in [6.07, 6.45) is 7.07. The third-order valence-corrected chi connectivity index (χ3v) is 3.59. The Balaban J connectivity index is 2.03. The van der Waals surface area contributed by atoms with Gasteiger partial charge < -0.3 is 5.32 Å². The molecule has 0 aliphatic carbocycles. The number of aromatic nitrogens is 3. The molecule has 2 heterocycles. The fraction of sp³-hybridized carbons (Fsp3) is 0.500. The van der Waals surface area contributed by atoms with Gasteiger partial charge in [0, 0.05) is 36.9 Å². The number of rotatable bonds is 7. The molecule has 20 heavy (non-hydrogen) atoms. The highest BCUT2D eigenvalue weighted by Crippen LogP contribution is 2.18. The van der Waals surface area contributed by atoms with Gasteiger partial charge in [-0.3, -0.25) is 9.67 Å². The maximum absolute atomic E-state index is 4.41. The summed E-state index contributed by atoms with van der Waals surface area (Å²) >= 11 is 0. The summed E-state index contributed by atoms with van der Waals surface area (Å²) in [5.41, 5.74) is 3.61. The van der Waals surface area contributed by atoms with Crippen molar-refractivity contribution in [1.29, 1.82) is 0 Å². The SMILES string of the molecule is CCCNC(CCc1ccnn1C)c1ccc(C)nc1. The van der Waals surface area contributed by atoms with E-state index in [0.717, 1.165) is 31.5 Å². The van der Waals surface area contributed by atoms with Crippen molar-refractivity contribution in [1.82, 2.24) is 20.1 Å². The normalized spacial score (nSPS) is 12.6. The first-order chi connectivity index (χ1) is 9.70. The van der Waals surface area contributed by atoms with Gasteiger partial charge in [-0.2, -0.15) is 5.10 Å². The van der Waals surface area contributed by atoms with Crippen molar-refractivity contribution in [3.05, 3.63) is 47.5 Å². The molecule has 0 amide bonds. The number of aryl methyl sites for hydroxylation is 3. The van der Waals surface area contributed by atoms with Gasteiger partial charge >= 0.3 is 0 Å². The molecule has 0 saturated heterocycles. The van der Waals surface area contributed by atoms with Gasteiger partial charge in [-0.25, -0.2) is 0 Å². The van der Waals surface area contributed by atoms with E-state index in [4.69, 9.17) is 0 Å². The average molecular weight is 272 g/mol. The summed E-state index contributed by atoms with van der Waals surface area (Å²) in [7, 11) is 2.00. The van der Waals surface area contributed by atoms with Crippen molar-refractivity contribution in [3.8, 4) is 0 Å². The first-order valence-corrected chi connectivity index (χ1v) is 7.33. The molecule has 2 aromatic rings. The Morgan fingerprint density at radius 1 is 1.30 bits per heavy atom. The van der Waals surface area contributed by atoms with Crippen molar-refractivity contribution in [3.63, 3.8) is 0 Å². The molecule has 0 aliphatic rings. The summed E-state index contributed by atoms with van der Waals surface area (Å²) in [5.74, 6) is 0. The van der Waals surface area contributed by atoms with Crippen LogP contribution in [0, 0.1) is 6.92 Å². The van der Waals surface area contributed by atoms with Crippen LogP contribution in [0.5, 0.6) is 0 Å². The highest BCUT2D eigenvalue weighted by Gasteiger charge is 2.12. The number of nitrogens with one attached hydrogen (secondary N) is 1. The molecule has 108 valence electrons. The van der Waals surface area contributed by atoms with Gasteiger partial charge in [0.1, 0.15) is 0 Å². The van der Waals surface area contributed by atoms with E-state index in [1.165, 1.54) is 11.3 Å². The Labute approximate surface area is 121 Å². The van der Waals surface area contributed by atoms with E-state index in [1.807, 2.05) is 31.0 Å². The van der Waals surface area contributed by atoms with Crippen molar-refractivity contribution in [2.75, 3.05) is 6.54 Å². The standard InChI is InChI=1S/C16H24N4/c1-4-10-17-16(14-6-5-13(2)18-12-14)8-7-15-9-11-19-20(15)3/h5-6,9,11-12,16-17H,4,7-8,10H2,1-3H3.